The van der Waals surface area contributed by atoms with Gasteiger partial charge in [-0.05, 0) is 37.8 Å². The van der Waals surface area contributed by atoms with Crippen LogP contribution < -0.4 is 11.3 Å². The molecule has 1 aliphatic carbocycles. The summed E-state index contributed by atoms with van der Waals surface area (Å²) in [5, 5.41) is 0. The van der Waals surface area contributed by atoms with Gasteiger partial charge in [0.05, 0.1) is 0 Å². The van der Waals surface area contributed by atoms with E-state index in [1.54, 1.807) is 12.1 Å². The molecule has 1 aromatic heterocycles. The second-order valence-corrected chi connectivity index (χ2v) is 4.37. The van der Waals surface area contributed by atoms with Gasteiger partial charge in [-0.15, -0.1) is 0 Å². The molecule has 15 heavy (non-hydrogen) atoms. The molecular weight excluding hydrogens is 188 g/mol. The summed E-state index contributed by atoms with van der Waals surface area (Å²) in [7, 11) is 0. The third kappa shape index (κ3) is 2.29. The van der Waals surface area contributed by atoms with Crippen LogP contribution in [-0.4, -0.2) is 11.1 Å². The van der Waals surface area contributed by atoms with Crippen molar-refractivity contribution in [3.05, 3.63) is 34.7 Å². The molecule has 3 nitrogen and oxygen atoms in total. The SMILES string of the molecule is NCC1CCCC(n2ccccc2=O)C1. The van der Waals surface area contributed by atoms with Crippen molar-refractivity contribution in [3.8, 4) is 0 Å². The number of hydrogen-bond donors (Lipinski definition) is 1. The quantitative estimate of drug-likeness (QED) is 0.798. The number of hydrogen-bond acceptors (Lipinski definition) is 2. The Kier molecular flexibility index (Phi) is 3.21. The molecule has 0 radical (unpaired) electrons. The lowest BCUT2D eigenvalue weighted by atomic mass is 9.85. The molecule has 0 aromatic carbocycles. The van der Waals surface area contributed by atoms with Crippen molar-refractivity contribution < 1.29 is 0 Å². The van der Waals surface area contributed by atoms with Gasteiger partial charge in [0.15, 0.2) is 0 Å². The molecule has 0 spiro atoms. The van der Waals surface area contributed by atoms with E-state index in [1.165, 1.54) is 12.8 Å². The van der Waals surface area contributed by atoms with Crippen LogP contribution in [0.15, 0.2) is 29.2 Å². The van der Waals surface area contributed by atoms with Crippen molar-refractivity contribution in [2.75, 3.05) is 6.54 Å². The maximum Gasteiger partial charge on any atom is 0.250 e. The Morgan fingerprint density at radius 3 is 3.00 bits per heavy atom. The van der Waals surface area contributed by atoms with Gasteiger partial charge in [-0.25, -0.2) is 0 Å². The molecule has 0 amide bonds. The number of rotatable bonds is 2. The molecule has 2 rings (SSSR count). The Balaban J connectivity index is 2.17. The first kappa shape index (κ1) is 10.4. The lowest BCUT2D eigenvalue weighted by Crippen LogP contribution is -2.29. The van der Waals surface area contributed by atoms with E-state index in [9.17, 15) is 4.79 Å². The third-order valence-electron chi connectivity index (χ3n) is 3.33. The first-order valence-corrected chi connectivity index (χ1v) is 5.68. The van der Waals surface area contributed by atoms with E-state index in [4.69, 9.17) is 5.73 Å². The zero-order valence-electron chi connectivity index (χ0n) is 8.93. The molecule has 1 aromatic rings. The summed E-state index contributed by atoms with van der Waals surface area (Å²) in [6.45, 7) is 0.748. The van der Waals surface area contributed by atoms with E-state index in [0.717, 1.165) is 19.4 Å². The van der Waals surface area contributed by atoms with Crippen molar-refractivity contribution in [2.45, 2.75) is 31.7 Å². The highest BCUT2D eigenvalue weighted by Crippen LogP contribution is 2.30. The van der Waals surface area contributed by atoms with Crippen LogP contribution in [0.2, 0.25) is 0 Å². The average molecular weight is 206 g/mol. The smallest absolute Gasteiger partial charge is 0.250 e. The normalized spacial score (nSPS) is 26.5. The van der Waals surface area contributed by atoms with Crippen LogP contribution in [-0.2, 0) is 0 Å². The number of nitrogens with zero attached hydrogens (tertiary/aromatic N) is 1. The van der Waals surface area contributed by atoms with Crippen LogP contribution in [0.1, 0.15) is 31.7 Å². The maximum atomic E-state index is 11.6. The van der Waals surface area contributed by atoms with E-state index in [1.807, 2.05) is 16.8 Å². The minimum atomic E-state index is 0.111. The Morgan fingerprint density at radius 1 is 1.40 bits per heavy atom. The molecule has 0 bridgehead atoms. The predicted molar refractivity (Wildman–Crippen MR) is 60.8 cm³/mol. The zero-order valence-corrected chi connectivity index (χ0v) is 8.93. The third-order valence-corrected chi connectivity index (χ3v) is 3.33. The lowest BCUT2D eigenvalue weighted by Gasteiger charge is -2.29. The van der Waals surface area contributed by atoms with Gasteiger partial charge in [-0.3, -0.25) is 4.79 Å². The van der Waals surface area contributed by atoms with E-state index in [-0.39, 0.29) is 5.56 Å². The molecular formula is C12H18N2O. The second-order valence-electron chi connectivity index (χ2n) is 4.37. The summed E-state index contributed by atoms with van der Waals surface area (Å²) < 4.78 is 1.86. The van der Waals surface area contributed by atoms with Gasteiger partial charge in [0.25, 0.3) is 5.56 Å². The van der Waals surface area contributed by atoms with Crippen molar-refractivity contribution in [2.24, 2.45) is 11.7 Å². The van der Waals surface area contributed by atoms with Gasteiger partial charge in [-0.2, -0.15) is 0 Å². The first-order chi connectivity index (χ1) is 7.31. The molecule has 2 atom stereocenters. The Bertz CT molecular complexity index is 372. The minimum absolute atomic E-state index is 0.111. The zero-order chi connectivity index (χ0) is 10.7. The van der Waals surface area contributed by atoms with Gasteiger partial charge >= 0.3 is 0 Å². The summed E-state index contributed by atoms with van der Waals surface area (Å²) in [4.78, 5) is 11.6. The fourth-order valence-electron chi connectivity index (χ4n) is 2.47. The number of pyridine rings is 1. The van der Waals surface area contributed by atoms with Crippen LogP contribution >= 0.6 is 0 Å². The molecule has 3 heteroatoms. The summed E-state index contributed by atoms with van der Waals surface area (Å²) in [5.74, 6) is 0.593. The second kappa shape index (κ2) is 4.62. The van der Waals surface area contributed by atoms with Gasteiger partial charge in [0, 0.05) is 18.3 Å². The van der Waals surface area contributed by atoms with E-state index in [2.05, 4.69) is 0 Å². The van der Waals surface area contributed by atoms with Crippen molar-refractivity contribution in [1.29, 1.82) is 0 Å². The van der Waals surface area contributed by atoms with E-state index >= 15 is 0 Å². The molecule has 1 aliphatic rings. The van der Waals surface area contributed by atoms with Crippen LogP contribution in [0, 0.1) is 5.92 Å². The Labute approximate surface area is 89.9 Å². The van der Waals surface area contributed by atoms with Crippen molar-refractivity contribution in [3.63, 3.8) is 0 Å². The number of nitrogens with two attached hydrogens (primary N) is 1. The van der Waals surface area contributed by atoms with E-state index in [0.29, 0.717) is 12.0 Å². The molecule has 2 unspecified atom stereocenters. The molecule has 0 saturated heterocycles. The Morgan fingerprint density at radius 2 is 2.27 bits per heavy atom. The summed E-state index contributed by atoms with van der Waals surface area (Å²) >= 11 is 0. The monoisotopic (exact) mass is 206 g/mol. The maximum absolute atomic E-state index is 11.6. The highest BCUT2D eigenvalue weighted by atomic mass is 16.1. The predicted octanol–water partition coefficient (Wildman–Crippen LogP) is 1.54. The van der Waals surface area contributed by atoms with Gasteiger partial charge in [0.2, 0.25) is 0 Å². The topological polar surface area (TPSA) is 48.0 Å². The first-order valence-electron chi connectivity index (χ1n) is 5.68. The highest BCUT2D eigenvalue weighted by molar-refractivity contribution is 4.96. The Hall–Kier alpha value is -1.09. The van der Waals surface area contributed by atoms with Gasteiger partial charge < -0.3 is 10.3 Å². The van der Waals surface area contributed by atoms with Crippen molar-refractivity contribution in [1.82, 2.24) is 4.57 Å². The fraction of sp³-hybridized carbons (Fsp3) is 0.583. The van der Waals surface area contributed by atoms with Crippen molar-refractivity contribution >= 4 is 0 Å². The summed E-state index contributed by atoms with van der Waals surface area (Å²) in [5.41, 5.74) is 5.81. The van der Waals surface area contributed by atoms with Crippen LogP contribution in [0.4, 0.5) is 0 Å². The molecule has 2 N–H and O–H groups in total. The van der Waals surface area contributed by atoms with Gasteiger partial charge in [-0.1, -0.05) is 12.5 Å². The van der Waals surface area contributed by atoms with Crippen LogP contribution in [0.25, 0.3) is 0 Å². The number of aromatic nitrogens is 1. The highest BCUT2D eigenvalue weighted by Gasteiger charge is 2.22. The summed E-state index contributed by atoms with van der Waals surface area (Å²) in [6, 6.07) is 5.71. The molecule has 1 fully saturated rings. The molecule has 1 heterocycles. The molecule has 0 aliphatic heterocycles. The summed E-state index contributed by atoms with van der Waals surface area (Å²) in [6.07, 6.45) is 6.47. The van der Waals surface area contributed by atoms with Crippen LogP contribution in [0.5, 0.6) is 0 Å². The van der Waals surface area contributed by atoms with Gasteiger partial charge in [0.1, 0.15) is 0 Å². The van der Waals surface area contributed by atoms with Crippen LogP contribution in [0.3, 0.4) is 0 Å². The largest absolute Gasteiger partial charge is 0.330 e. The lowest BCUT2D eigenvalue weighted by molar-refractivity contribution is 0.267. The molecule has 1 saturated carbocycles. The standard InChI is InChI=1S/C12H18N2O/c13-9-10-4-3-5-11(8-10)14-7-2-1-6-12(14)15/h1-2,6-7,10-11H,3-5,8-9,13H2. The van der Waals surface area contributed by atoms with E-state index < -0.39 is 0 Å². The average Bonchev–Trinajstić information content (AvgIpc) is 2.30. The fourth-order valence-corrected chi connectivity index (χ4v) is 2.47. The minimum Gasteiger partial charge on any atom is -0.330 e. The molecule has 82 valence electrons.